The van der Waals surface area contributed by atoms with Crippen LogP contribution in [-0.2, 0) is 14.8 Å². The number of benzene rings is 2. The Kier molecular flexibility index (Phi) is 6.01. The Bertz CT molecular complexity index is 931. The van der Waals surface area contributed by atoms with Gasteiger partial charge in [-0.3, -0.25) is 9.59 Å². The summed E-state index contributed by atoms with van der Waals surface area (Å²) in [5.41, 5.74) is 0.199. The summed E-state index contributed by atoms with van der Waals surface area (Å²) >= 11 is 0. The molecule has 138 valence electrons. The number of rotatable bonds is 6. The maximum absolute atomic E-state index is 13.1. The zero-order valence-electron chi connectivity index (χ0n) is 13.5. The number of carbonyl (C=O) groups is 2. The van der Waals surface area contributed by atoms with Gasteiger partial charge in [-0.1, -0.05) is 0 Å². The van der Waals surface area contributed by atoms with E-state index in [0.717, 1.165) is 12.1 Å². The van der Waals surface area contributed by atoms with E-state index in [-0.39, 0.29) is 16.1 Å². The number of carbonyl (C=O) groups excluding carboxylic acids is 2. The van der Waals surface area contributed by atoms with Gasteiger partial charge in [0.05, 0.1) is 11.4 Å². The lowest BCUT2D eigenvalue weighted by molar-refractivity contribution is -0.115. The average Bonchev–Trinajstić information content (AvgIpc) is 2.63. The molecule has 26 heavy (non-hydrogen) atoms. The lowest BCUT2D eigenvalue weighted by Gasteiger charge is -2.08. The first-order chi connectivity index (χ1) is 12.2. The third-order valence-corrected chi connectivity index (χ3v) is 4.74. The summed E-state index contributed by atoms with van der Waals surface area (Å²) in [6.45, 7) is -0.408. The molecule has 0 saturated heterocycles. The van der Waals surface area contributed by atoms with E-state index < -0.39 is 40.0 Å². The van der Waals surface area contributed by atoms with Crippen molar-refractivity contribution < 1.29 is 26.8 Å². The van der Waals surface area contributed by atoms with E-state index >= 15 is 0 Å². The summed E-state index contributed by atoms with van der Waals surface area (Å²) in [7, 11) is -2.35. The highest BCUT2D eigenvalue weighted by molar-refractivity contribution is 7.89. The Hall–Kier alpha value is -2.85. The smallest absolute Gasteiger partial charge is 0.251 e. The number of nitrogens with one attached hydrogen (secondary N) is 3. The molecule has 0 spiro atoms. The molecular weight excluding hydrogens is 368 g/mol. The molecule has 7 nitrogen and oxygen atoms in total. The molecule has 0 atom stereocenters. The van der Waals surface area contributed by atoms with Gasteiger partial charge in [0.25, 0.3) is 5.91 Å². The highest BCUT2D eigenvalue weighted by Crippen LogP contribution is 2.13. The normalized spacial score (nSPS) is 11.0. The monoisotopic (exact) mass is 383 g/mol. The quantitative estimate of drug-likeness (QED) is 0.698. The van der Waals surface area contributed by atoms with Crippen LogP contribution in [0.3, 0.4) is 0 Å². The van der Waals surface area contributed by atoms with Gasteiger partial charge in [-0.2, -0.15) is 0 Å². The summed E-state index contributed by atoms with van der Waals surface area (Å²) in [6, 6.07) is 7.96. The first-order valence-corrected chi connectivity index (χ1v) is 8.78. The van der Waals surface area contributed by atoms with Gasteiger partial charge in [-0.15, -0.1) is 0 Å². The molecule has 2 rings (SSSR count). The second-order valence-electron chi connectivity index (χ2n) is 5.09. The van der Waals surface area contributed by atoms with Gasteiger partial charge in [-0.25, -0.2) is 21.9 Å². The summed E-state index contributed by atoms with van der Waals surface area (Å²) in [5.74, 6) is -3.39. The van der Waals surface area contributed by atoms with Crippen molar-refractivity contribution in [3.63, 3.8) is 0 Å². The number of hydrogen-bond donors (Lipinski definition) is 3. The predicted molar refractivity (Wildman–Crippen MR) is 90.0 cm³/mol. The minimum atomic E-state index is -3.61. The van der Waals surface area contributed by atoms with E-state index in [0.29, 0.717) is 0 Å². The Morgan fingerprint density at radius 2 is 1.65 bits per heavy atom. The summed E-state index contributed by atoms with van der Waals surface area (Å²) < 4.78 is 51.2. The van der Waals surface area contributed by atoms with Crippen LogP contribution in [0.15, 0.2) is 47.4 Å². The van der Waals surface area contributed by atoms with Crippen LogP contribution >= 0.6 is 0 Å². The Labute approximate surface area is 148 Å². The standard InChI is InChI=1S/C16H15F2N3O4S/c1-19-26(24,25)12-5-2-10(3-6-12)16(23)20-9-15(22)21-11-4-7-13(17)14(18)8-11/h2-8,19H,9H2,1H3,(H,20,23)(H,21,22). The molecule has 2 aromatic carbocycles. The van der Waals surface area contributed by atoms with Crippen molar-refractivity contribution in [2.24, 2.45) is 0 Å². The Morgan fingerprint density at radius 3 is 2.23 bits per heavy atom. The first-order valence-electron chi connectivity index (χ1n) is 7.29. The second kappa shape index (κ2) is 8.02. The van der Waals surface area contributed by atoms with E-state index in [1.807, 2.05) is 0 Å². The van der Waals surface area contributed by atoms with Crippen molar-refractivity contribution in [1.29, 1.82) is 0 Å². The van der Waals surface area contributed by atoms with E-state index in [1.54, 1.807) is 0 Å². The minimum Gasteiger partial charge on any atom is -0.343 e. The van der Waals surface area contributed by atoms with Crippen molar-refractivity contribution in [3.05, 3.63) is 59.7 Å². The van der Waals surface area contributed by atoms with E-state index in [2.05, 4.69) is 15.4 Å². The molecule has 0 aliphatic heterocycles. The predicted octanol–water partition coefficient (Wildman–Crippen LogP) is 1.24. The zero-order valence-corrected chi connectivity index (χ0v) is 14.4. The fourth-order valence-electron chi connectivity index (χ4n) is 1.95. The van der Waals surface area contributed by atoms with Gasteiger partial charge >= 0.3 is 0 Å². The van der Waals surface area contributed by atoms with Crippen molar-refractivity contribution in [3.8, 4) is 0 Å². The summed E-state index contributed by atoms with van der Waals surface area (Å²) in [6.07, 6.45) is 0. The Balaban J connectivity index is 1.93. The first kappa shape index (κ1) is 19.5. The third-order valence-electron chi connectivity index (χ3n) is 3.31. The molecular formula is C16H15F2N3O4S. The highest BCUT2D eigenvalue weighted by Gasteiger charge is 2.13. The van der Waals surface area contributed by atoms with Gasteiger partial charge in [-0.05, 0) is 43.4 Å². The molecule has 2 aromatic rings. The Morgan fingerprint density at radius 1 is 1.00 bits per heavy atom. The molecule has 0 aliphatic rings. The van der Waals surface area contributed by atoms with Crippen LogP contribution in [0.25, 0.3) is 0 Å². The second-order valence-corrected chi connectivity index (χ2v) is 6.98. The van der Waals surface area contributed by atoms with Crippen molar-refractivity contribution in [1.82, 2.24) is 10.0 Å². The van der Waals surface area contributed by atoms with Gasteiger partial charge < -0.3 is 10.6 Å². The molecule has 0 heterocycles. The van der Waals surface area contributed by atoms with Crippen molar-refractivity contribution in [2.75, 3.05) is 18.9 Å². The van der Waals surface area contributed by atoms with Crippen LogP contribution in [0.5, 0.6) is 0 Å². The SMILES string of the molecule is CNS(=O)(=O)c1ccc(C(=O)NCC(=O)Nc2ccc(F)c(F)c2)cc1. The van der Waals surface area contributed by atoms with E-state index in [1.165, 1.54) is 37.4 Å². The maximum Gasteiger partial charge on any atom is 0.251 e. The summed E-state index contributed by atoms with van der Waals surface area (Å²) in [5, 5.41) is 4.64. The van der Waals surface area contributed by atoms with Crippen LogP contribution in [0, 0.1) is 11.6 Å². The number of hydrogen-bond acceptors (Lipinski definition) is 4. The largest absolute Gasteiger partial charge is 0.343 e. The van der Waals surface area contributed by atoms with Crippen LogP contribution in [0.2, 0.25) is 0 Å². The van der Waals surface area contributed by atoms with Gasteiger partial charge in [0.2, 0.25) is 15.9 Å². The van der Waals surface area contributed by atoms with Crippen LogP contribution < -0.4 is 15.4 Å². The molecule has 0 bridgehead atoms. The molecule has 10 heteroatoms. The highest BCUT2D eigenvalue weighted by atomic mass is 32.2. The number of halogens is 2. The molecule has 0 radical (unpaired) electrons. The zero-order chi connectivity index (χ0) is 19.3. The number of sulfonamides is 1. The molecule has 0 saturated carbocycles. The molecule has 3 N–H and O–H groups in total. The van der Waals surface area contributed by atoms with Crippen LogP contribution in [-0.4, -0.2) is 33.8 Å². The molecule has 0 unspecified atom stereocenters. The lowest BCUT2D eigenvalue weighted by Crippen LogP contribution is -2.32. The number of amides is 2. The molecule has 2 amide bonds. The maximum atomic E-state index is 13.1. The van der Waals surface area contributed by atoms with Gasteiger partial charge in [0.15, 0.2) is 11.6 Å². The van der Waals surface area contributed by atoms with Crippen molar-refractivity contribution in [2.45, 2.75) is 4.90 Å². The van der Waals surface area contributed by atoms with Gasteiger partial charge in [0.1, 0.15) is 0 Å². The third kappa shape index (κ3) is 4.83. The van der Waals surface area contributed by atoms with E-state index in [9.17, 15) is 26.8 Å². The fraction of sp³-hybridized carbons (Fsp3) is 0.125. The average molecular weight is 383 g/mol. The van der Waals surface area contributed by atoms with Crippen LogP contribution in [0.4, 0.5) is 14.5 Å². The minimum absolute atomic E-state index is 0.00682. The molecule has 0 aliphatic carbocycles. The van der Waals surface area contributed by atoms with E-state index in [4.69, 9.17) is 0 Å². The fourth-order valence-corrected chi connectivity index (χ4v) is 2.68. The number of anilines is 1. The van der Waals surface area contributed by atoms with Gasteiger partial charge in [0, 0.05) is 17.3 Å². The topological polar surface area (TPSA) is 104 Å². The van der Waals surface area contributed by atoms with Crippen molar-refractivity contribution >= 4 is 27.5 Å². The molecule has 0 aromatic heterocycles. The molecule has 0 fully saturated rings. The lowest BCUT2D eigenvalue weighted by atomic mass is 10.2. The summed E-state index contributed by atoms with van der Waals surface area (Å²) in [4.78, 5) is 23.7. The van der Waals surface area contributed by atoms with Crippen LogP contribution in [0.1, 0.15) is 10.4 Å².